The third-order valence-corrected chi connectivity index (χ3v) is 2.66. The van der Waals surface area contributed by atoms with Gasteiger partial charge in [-0.1, -0.05) is 20.8 Å². The summed E-state index contributed by atoms with van der Waals surface area (Å²) >= 11 is 0. The Hall–Kier alpha value is -0.530. The summed E-state index contributed by atoms with van der Waals surface area (Å²) < 4.78 is 4.99. The molecule has 0 aromatic heterocycles. The van der Waals surface area contributed by atoms with Gasteiger partial charge in [-0.3, -0.25) is 4.79 Å². The highest BCUT2D eigenvalue weighted by molar-refractivity contribution is 5.76. The fraction of sp³-hybridized carbons (Fsp3) is 0.900. The Labute approximate surface area is 75.3 Å². The van der Waals surface area contributed by atoms with Gasteiger partial charge in [-0.05, 0) is 26.2 Å². The summed E-state index contributed by atoms with van der Waals surface area (Å²) in [5.41, 5.74) is -0.470. The van der Waals surface area contributed by atoms with Crippen LogP contribution in [0.5, 0.6) is 0 Å². The summed E-state index contributed by atoms with van der Waals surface area (Å²) in [5.74, 6) is -0.113. The molecule has 0 N–H and O–H groups in total. The van der Waals surface area contributed by atoms with Crippen molar-refractivity contribution >= 4 is 5.97 Å². The number of esters is 1. The highest BCUT2D eigenvalue weighted by atomic mass is 16.5. The summed E-state index contributed by atoms with van der Waals surface area (Å²) in [6.07, 6.45) is 0. The number of ether oxygens (including phenoxy) is 1. The van der Waals surface area contributed by atoms with Gasteiger partial charge in [-0.25, -0.2) is 0 Å². The predicted molar refractivity (Wildman–Crippen MR) is 49.9 cm³/mol. The van der Waals surface area contributed by atoms with E-state index in [-0.39, 0.29) is 11.4 Å². The van der Waals surface area contributed by atoms with Gasteiger partial charge in [0.25, 0.3) is 0 Å². The average Bonchev–Trinajstić information content (AvgIpc) is 1.85. The smallest absolute Gasteiger partial charge is 0.312 e. The van der Waals surface area contributed by atoms with Crippen LogP contribution in [-0.2, 0) is 9.53 Å². The summed E-state index contributed by atoms with van der Waals surface area (Å²) in [4.78, 5) is 11.5. The maximum atomic E-state index is 11.5. The predicted octanol–water partition coefficient (Wildman–Crippen LogP) is 2.62. The number of carbonyl (C=O) groups excluding carboxylic acids is 1. The summed E-state index contributed by atoms with van der Waals surface area (Å²) in [7, 11) is 0. The molecule has 0 atom stereocenters. The van der Waals surface area contributed by atoms with Crippen molar-refractivity contribution in [2.75, 3.05) is 6.61 Å². The molecule has 0 saturated carbocycles. The van der Waals surface area contributed by atoms with Crippen molar-refractivity contribution in [3.8, 4) is 0 Å². The molecule has 12 heavy (non-hydrogen) atoms. The van der Waals surface area contributed by atoms with Crippen molar-refractivity contribution in [2.24, 2.45) is 10.8 Å². The Morgan fingerprint density at radius 2 is 1.58 bits per heavy atom. The lowest BCUT2D eigenvalue weighted by Gasteiger charge is -2.35. The molecular formula is C10H20O2. The number of hydrogen-bond acceptors (Lipinski definition) is 2. The van der Waals surface area contributed by atoms with Crippen LogP contribution >= 0.6 is 0 Å². The molecule has 0 aromatic carbocycles. The quantitative estimate of drug-likeness (QED) is 0.598. The molecule has 0 rings (SSSR count). The molecule has 0 aliphatic heterocycles. The van der Waals surface area contributed by atoms with Crippen LogP contribution in [0.2, 0.25) is 0 Å². The highest BCUT2D eigenvalue weighted by Gasteiger charge is 2.40. The van der Waals surface area contributed by atoms with Crippen molar-refractivity contribution in [3.05, 3.63) is 0 Å². The zero-order valence-electron chi connectivity index (χ0n) is 9.02. The molecule has 0 spiro atoms. The highest BCUT2D eigenvalue weighted by Crippen LogP contribution is 2.38. The second kappa shape index (κ2) is 3.46. The Balaban J connectivity index is 4.50. The molecule has 0 unspecified atom stereocenters. The van der Waals surface area contributed by atoms with E-state index in [0.29, 0.717) is 6.61 Å². The SMILES string of the molecule is CCOC(=O)C(C)(C)C(C)(C)C. The number of hydrogen-bond donors (Lipinski definition) is 0. The molecule has 0 aromatic rings. The molecule has 0 radical (unpaired) electrons. The number of rotatable bonds is 2. The van der Waals surface area contributed by atoms with Crippen LogP contribution in [0.1, 0.15) is 41.5 Å². The lowest BCUT2D eigenvalue weighted by atomic mass is 9.69. The van der Waals surface area contributed by atoms with E-state index in [9.17, 15) is 4.79 Å². The van der Waals surface area contributed by atoms with E-state index in [0.717, 1.165) is 0 Å². The van der Waals surface area contributed by atoms with Crippen LogP contribution in [0.4, 0.5) is 0 Å². The minimum absolute atomic E-state index is 0.0563. The standard InChI is InChI=1S/C10H20O2/c1-7-12-8(11)10(5,6)9(2,3)4/h7H2,1-6H3. The summed E-state index contributed by atoms with van der Waals surface area (Å²) in [5, 5.41) is 0. The van der Waals surface area contributed by atoms with Crippen molar-refractivity contribution in [1.82, 2.24) is 0 Å². The fourth-order valence-corrected chi connectivity index (χ4v) is 0.618. The van der Waals surface area contributed by atoms with Gasteiger partial charge in [0.05, 0.1) is 12.0 Å². The average molecular weight is 172 g/mol. The molecule has 0 aliphatic carbocycles. The van der Waals surface area contributed by atoms with E-state index >= 15 is 0 Å². The van der Waals surface area contributed by atoms with Crippen LogP contribution < -0.4 is 0 Å². The maximum absolute atomic E-state index is 11.5. The van der Waals surface area contributed by atoms with Crippen molar-refractivity contribution in [1.29, 1.82) is 0 Å². The molecule has 0 saturated heterocycles. The second-order valence-corrected chi connectivity index (χ2v) is 4.60. The van der Waals surface area contributed by atoms with Crippen molar-refractivity contribution < 1.29 is 9.53 Å². The third-order valence-electron chi connectivity index (χ3n) is 2.66. The first-order valence-electron chi connectivity index (χ1n) is 4.40. The second-order valence-electron chi connectivity index (χ2n) is 4.60. The Kier molecular flexibility index (Phi) is 3.31. The van der Waals surface area contributed by atoms with E-state index in [4.69, 9.17) is 4.74 Å². The molecule has 0 heterocycles. The van der Waals surface area contributed by atoms with Gasteiger partial charge in [0.2, 0.25) is 0 Å². The molecule has 72 valence electrons. The normalized spacial score (nSPS) is 12.8. The summed E-state index contributed by atoms with van der Waals surface area (Å²) in [6.45, 7) is 12.3. The maximum Gasteiger partial charge on any atom is 0.312 e. The topological polar surface area (TPSA) is 26.3 Å². The van der Waals surface area contributed by atoms with Gasteiger partial charge in [0.1, 0.15) is 0 Å². The molecule has 0 bridgehead atoms. The van der Waals surface area contributed by atoms with Crippen molar-refractivity contribution in [2.45, 2.75) is 41.5 Å². The van der Waals surface area contributed by atoms with E-state index in [1.165, 1.54) is 0 Å². The molecule has 0 fully saturated rings. The van der Waals surface area contributed by atoms with E-state index in [2.05, 4.69) is 0 Å². The zero-order valence-corrected chi connectivity index (χ0v) is 9.02. The van der Waals surface area contributed by atoms with E-state index in [1.807, 2.05) is 41.5 Å². The van der Waals surface area contributed by atoms with Gasteiger partial charge in [0.15, 0.2) is 0 Å². The van der Waals surface area contributed by atoms with E-state index in [1.54, 1.807) is 0 Å². The third kappa shape index (κ3) is 2.23. The molecule has 0 aliphatic rings. The van der Waals surface area contributed by atoms with Crippen LogP contribution in [0, 0.1) is 10.8 Å². The minimum Gasteiger partial charge on any atom is -0.466 e. The molecule has 2 nitrogen and oxygen atoms in total. The largest absolute Gasteiger partial charge is 0.466 e. The monoisotopic (exact) mass is 172 g/mol. The molecular weight excluding hydrogens is 152 g/mol. The fourth-order valence-electron chi connectivity index (χ4n) is 0.618. The molecule has 0 amide bonds. The minimum atomic E-state index is -0.414. The van der Waals surface area contributed by atoms with Crippen LogP contribution in [-0.4, -0.2) is 12.6 Å². The van der Waals surface area contributed by atoms with E-state index < -0.39 is 5.41 Å². The van der Waals surface area contributed by atoms with Gasteiger partial charge in [-0.2, -0.15) is 0 Å². The molecule has 2 heteroatoms. The summed E-state index contributed by atoms with van der Waals surface area (Å²) in [6, 6.07) is 0. The van der Waals surface area contributed by atoms with Gasteiger partial charge in [0, 0.05) is 0 Å². The Morgan fingerprint density at radius 3 is 1.83 bits per heavy atom. The van der Waals surface area contributed by atoms with Crippen LogP contribution in [0.3, 0.4) is 0 Å². The van der Waals surface area contributed by atoms with Gasteiger partial charge >= 0.3 is 5.97 Å². The van der Waals surface area contributed by atoms with Crippen LogP contribution in [0.15, 0.2) is 0 Å². The first-order valence-corrected chi connectivity index (χ1v) is 4.40. The first-order chi connectivity index (χ1) is 5.23. The number of carbonyl (C=O) groups is 1. The van der Waals surface area contributed by atoms with Gasteiger partial charge in [-0.15, -0.1) is 0 Å². The Bertz CT molecular complexity index is 163. The van der Waals surface area contributed by atoms with Crippen LogP contribution in [0.25, 0.3) is 0 Å². The zero-order chi connectivity index (χ0) is 9.99. The Morgan fingerprint density at radius 1 is 1.17 bits per heavy atom. The first kappa shape index (κ1) is 11.5. The van der Waals surface area contributed by atoms with Crippen molar-refractivity contribution in [3.63, 3.8) is 0 Å². The lowest BCUT2D eigenvalue weighted by molar-refractivity contribution is -0.159. The van der Waals surface area contributed by atoms with Gasteiger partial charge < -0.3 is 4.74 Å². The lowest BCUT2D eigenvalue weighted by Crippen LogP contribution is -2.38.